The van der Waals surface area contributed by atoms with Gasteiger partial charge in [0.15, 0.2) is 0 Å². The van der Waals surface area contributed by atoms with Crippen molar-refractivity contribution in [2.24, 2.45) is 53.3 Å². The fourth-order valence-corrected chi connectivity index (χ4v) is 9.06. The van der Waals surface area contributed by atoms with Crippen LogP contribution < -0.4 is 0 Å². The lowest BCUT2D eigenvalue weighted by molar-refractivity contribution is 0.00254. The van der Waals surface area contributed by atoms with E-state index in [1.165, 1.54) is 70.6 Å². The molecule has 0 spiro atoms. The molecule has 4 aliphatic carbocycles. The van der Waals surface area contributed by atoms with Gasteiger partial charge < -0.3 is 0 Å². The van der Waals surface area contributed by atoms with Crippen molar-refractivity contribution in [2.45, 2.75) is 150 Å². The Morgan fingerprint density at radius 3 is 1.97 bits per heavy atom. The number of hydrogen-bond donors (Lipinski definition) is 0. The number of rotatable bonds is 7. The Morgan fingerprint density at radius 2 is 1.34 bits per heavy atom. The maximum absolute atomic E-state index is 2.60. The summed E-state index contributed by atoms with van der Waals surface area (Å²) in [7, 11) is 0. The topological polar surface area (TPSA) is 0 Å². The summed E-state index contributed by atoms with van der Waals surface area (Å²) in [5.41, 5.74) is 0. The summed E-state index contributed by atoms with van der Waals surface area (Å²) < 4.78 is 0. The molecule has 0 N–H and O–H groups in total. The van der Waals surface area contributed by atoms with Gasteiger partial charge in [0, 0.05) is 0 Å². The third-order valence-corrected chi connectivity index (χ3v) is 11.0. The van der Waals surface area contributed by atoms with Gasteiger partial charge in [0.1, 0.15) is 0 Å². The molecule has 0 heteroatoms. The predicted molar refractivity (Wildman–Crippen MR) is 143 cm³/mol. The third kappa shape index (κ3) is 7.01. The van der Waals surface area contributed by atoms with E-state index in [2.05, 4.69) is 34.6 Å². The highest BCUT2D eigenvalue weighted by atomic mass is 14.5. The molecule has 4 fully saturated rings. The SMILES string of the molecule is CCC(CC)C1CCC(C)CC1.CCCCC1C(C)CC2CCCC2C1C1CCCCC1. The molecule has 0 amide bonds. The van der Waals surface area contributed by atoms with Gasteiger partial charge >= 0.3 is 0 Å². The first-order valence-electron chi connectivity index (χ1n) is 15.6. The minimum absolute atomic E-state index is 1.01. The highest BCUT2D eigenvalue weighted by Crippen LogP contribution is 2.55. The molecule has 32 heavy (non-hydrogen) atoms. The van der Waals surface area contributed by atoms with Crippen molar-refractivity contribution in [3.63, 3.8) is 0 Å². The Morgan fingerprint density at radius 1 is 0.688 bits per heavy atom. The first-order valence-corrected chi connectivity index (χ1v) is 15.6. The molecule has 0 nitrogen and oxygen atoms in total. The molecule has 4 rings (SSSR count). The van der Waals surface area contributed by atoms with Crippen LogP contribution in [0.3, 0.4) is 0 Å². The van der Waals surface area contributed by atoms with Crippen LogP contribution >= 0.6 is 0 Å². The highest BCUT2D eigenvalue weighted by Gasteiger charge is 2.47. The van der Waals surface area contributed by atoms with Gasteiger partial charge in [-0.1, -0.05) is 118 Å². The van der Waals surface area contributed by atoms with Gasteiger partial charge in [-0.2, -0.15) is 0 Å². The van der Waals surface area contributed by atoms with Crippen LogP contribution in [0.4, 0.5) is 0 Å². The molecule has 5 unspecified atom stereocenters. The fourth-order valence-electron chi connectivity index (χ4n) is 9.06. The standard InChI is InChI=1S/C20H36.C12H24/c1-3-4-12-18-15(2)14-17-11-8-13-19(17)20(18)16-9-6-5-7-10-16;1-4-11(5-2)12-8-6-10(3)7-9-12/h15-20H,3-14H2,1-2H3;10-12H,4-9H2,1-3H3. The Bertz CT molecular complexity index is 476. The summed E-state index contributed by atoms with van der Waals surface area (Å²) in [5, 5.41) is 0. The van der Waals surface area contributed by atoms with Crippen LogP contribution in [-0.4, -0.2) is 0 Å². The summed E-state index contributed by atoms with van der Waals surface area (Å²) in [6.07, 6.45) is 27.2. The smallest absolute Gasteiger partial charge is 0.0324 e. The van der Waals surface area contributed by atoms with Crippen molar-refractivity contribution in [2.75, 3.05) is 0 Å². The molecule has 0 aromatic rings. The van der Waals surface area contributed by atoms with Gasteiger partial charge in [0.25, 0.3) is 0 Å². The number of unbranched alkanes of at least 4 members (excludes halogenated alkanes) is 1. The van der Waals surface area contributed by atoms with E-state index in [0.29, 0.717) is 0 Å². The zero-order valence-electron chi connectivity index (χ0n) is 22.9. The lowest BCUT2D eigenvalue weighted by atomic mass is 9.56. The quantitative estimate of drug-likeness (QED) is 0.366. The van der Waals surface area contributed by atoms with Gasteiger partial charge in [-0.15, -0.1) is 0 Å². The molecule has 0 aromatic carbocycles. The zero-order chi connectivity index (χ0) is 22.9. The Hall–Kier alpha value is 0. The van der Waals surface area contributed by atoms with E-state index in [1.54, 1.807) is 44.9 Å². The Labute approximate surface area is 203 Å². The fraction of sp³-hybridized carbons (Fsp3) is 1.00. The second-order valence-corrected chi connectivity index (χ2v) is 12.9. The second kappa shape index (κ2) is 13.8. The van der Waals surface area contributed by atoms with Crippen LogP contribution in [0.25, 0.3) is 0 Å². The maximum Gasteiger partial charge on any atom is -0.0324 e. The van der Waals surface area contributed by atoms with Crippen molar-refractivity contribution < 1.29 is 0 Å². The highest BCUT2D eigenvalue weighted by molar-refractivity contribution is 4.96. The minimum atomic E-state index is 1.01. The molecule has 0 bridgehead atoms. The van der Waals surface area contributed by atoms with Crippen molar-refractivity contribution in [1.82, 2.24) is 0 Å². The predicted octanol–water partition coefficient (Wildman–Crippen LogP) is 10.7. The third-order valence-electron chi connectivity index (χ3n) is 11.0. The molecular formula is C32H60. The average Bonchev–Trinajstić information content (AvgIpc) is 3.28. The molecule has 0 heterocycles. The number of fused-ring (bicyclic) bond motifs is 1. The summed E-state index contributed by atoms with van der Waals surface area (Å²) in [4.78, 5) is 0. The number of hydrogen-bond acceptors (Lipinski definition) is 0. The molecule has 0 radical (unpaired) electrons. The van der Waals surface area contributed by atoms with Crippen LogP contribution in [0.5, 0.6) is 0 Å². The Balaban J connectivity index is 0.000000207. The van der Waals surface area contributed by atoms with Gasteiger partial charge in [0.05, 0.1) is 0 Å². The molecular weight excluding hydrogens is 384 g/mol. The monoisotopic (exact) mass is 444 g/mol. The average molecular weight is 445 g/mol. The van der Waals surface area contributed by atoms with Crippen molar-refractivity contribution in [3.8, 4) is 0 Å². The first-order chi connectivity index (χ1) is 15.6. The molecule has 5 atom stereocenters. The van der Waals surface area contributed by atoms with Crippen LogP contribution in [0.2, 0.25) is 0 Å². The lowest BCUT2D eigenvalue weighted by Gasteiger charge is -2.49. The molecule has 0 aromatic heterocycles. The van der Waals surface area contributed by atoms with Gasteiger partial charge in [-0.25, -0.2) is 0 Å². The van der Waals surface area contributed by atoms with Gasteiger partial charge in [0.2, 0.25) is 0 Å². The van der Waals surface area contributed by atoms with Crippen LogP contribution in [0, 0.1) is 53.3 Å². The van der Waals surface area contributed by atoms with Crippen LogP contribution in [0.15, 0.2) is 0 Å². The molecule has 0 saturated heterocycles. The molecule has 0 aliphatic heterocycles. The largest absolute Gasteiger partial charge is 0.0654 e. The summed E-state index contributed by atoms with van der Waals surface area (Å²) in [6.45, 7) is 12.1. The van der Waals surface area contributed by atoms with E-state index in [4.69, 9.17) is 0 Å². The summed E-state index contributed by atoms with van der Waals surface area (Å²) >= 11 is 0. The molecule has 4 aliphatic rings. The van der Waals surface area contributed by atoms with Gasteiger partial charge in [-0.3, -0.25) is 0 Å². The molecule has 4 saturated carbocycles. The van der Waals surface area contributed by atoms with Crippen molar-refractivity contribution >= 4 is 0 Å². The second-order valence-electron chi connectivity index (χ2n) is 12.9. The van der Waals surface area contributed by atoms with Gasteiger partial charge in [-0.05, 0) is 85.4 Å². The van der Waals surface area contributed by atoms with E-state index in [9.17, 15) is 0 Å². The van der Waals surface area contributed by atoms with E-state index < -0.39 is 0 Å². The van der Waals surface area contributed by atoms with E-state index in [0.717, 1.165) is 53.3 Å². The van der Waals surface area contributed by atoms with Crippen LogP contribution in [-0.2, 0) is 0 Å². The molecule has 188 valence electrons. The zero-order valence-corrected chi connectivity index (χ0v) is 22.9. The van der Waals surface area contributed by atoms with Crippen molar-refractivity contribution in [3.05, 3.63) is 0 Å². The first kappa shape index (κ1) is 26.6. The Kier molecular flexibility index (Phi) is 11.5. The van der Waals surface area contributed by atoms with Crippen LogP contribution in [0.1, 0.15) is 150 Å². The maximum atomic E-state index is 2.60. The minimum Gasteiger partial charge on any atom is -0.0654 e. The summed E-state index contributed by atoms with van der Waals surface area (Å²) in [5.74, 6) is 9.69. The normalized spacial score (nSPS) is 38.2. The van der Waals surface area contributed by atoms with E-state index >= 15 is 0 Å². The van der Waals surface area contributed by atoms with E-state index in [1.807, 2.05) is 0 Å². The van der Waals surface area contributed by atoms with Crippen molar-refractivity contribution in [1.29, 1.82) is 0 Å². The summed E-state index contributed by atoms with van der Waals surface area (Å²) in [6, 6.07) is 0. The lowest BCUT2D eigenvalue weighted by Crippen LogP contribution is -2.41. The van der Waals surface area contributed by atoms with E-state index in [-0.39, 0.29) is 0 Å².